The Balaban J connectivity index is 0.000000441. The zero-order valence-corrected chi connectivity index (χ0v) is 28.3. The van der Waals surface area contributed by atoms with E-state index in [0.29, 0.717) is 35.8 Å². The number of carbonyl (C=O) groups excluding carboxylic acids is 2. The van der Waals surface area contributed by atoms with Gasteiger partial charge in [0.05, 0.1) is 22.7 Å². The van der Waals surface area contributed by atoms with Crippen LogP contribution in [0.15, 0.2) is 84.9 Å². The van der Waals surface area contributed by atoms with Crippen molar-refractivity contribution in [2.45, 2.75) is 51.4 Å². The Morgan fingerprint density at radius 2 is 1.90 bits per heavy atom. The average Bonchev–Trinajstić information content (AvgIpc) is 3.66. The quantitative estimate of drug-likeness (QED) is 0.162. The molecule has 3 N–H and O–H groups in total. The number of amides is 2. The summed E-state index contributed by atoms with van der Waals surface area (Å²) in [6.45, 7) is 8.53. The molecule has 8 nitrogen and oxygen atoms in total. The third-order valence-corrected chi connectivity index (χ3v) is 10.2. The maximum Gasteiger partial charge on any atom is 0.248 e. The summed E-state index contributed by atoms with van der Waals surface area (Å²) >= 11 is 11.7. The van der Waals surface area contributed by atoms with Crippen LogP contribution in [0.2, 0.25) is 10.0 Å². The lowest BCUT2D eigenvalue weighted by molar-refractivity contribution is -0.105. The number of fused-ring (bicyclic) bond motifs is 5. The Bertz CT molecular complexity index is 1980. The number of hydrogen-bond acceptors (Lipinski definition) is 5. The first kappa shape index (κ1) is 33.5. The fourth-order valence-electron chi connectivity index (χ4n) is 7.38. The number of likely N-dealkylation sites (tertiary alicyclic amines) is 1. The van der Waals surface area contributed by atoms with Gasteiger partial charge in [0, 0.05) is 46.9 Å². The van der Waals surface area contributed by atoms with E-state index in [-0.39, 0.29) is 28.7 Å². The summed E-state index contributed by atoms with van der Waals surface area (Å²) in [6, 6.07) is 25.7. The van der Waals surface area contributed by atoms with E-state index in [4.69, 9.17) is 38.7 Å². The van der Waals surface area contributed by atoms with Crippen LogP contribution in [0.25, 0.3) is 11.0 Å². The van der Waals surface area contributed by atoms with Crippen molar-refractivity contribution in [1.29, 1.82) is 0 Å². The SMILES string of the molecule is CCOc1cccc(CN2C3Cn4c(nc5cc(C(N)=O)ccc54)C3[C@@H](C)[C@]2(C)c2ccc(Cl)cc2NC=O)c1.Fc1ccccc1Cl. The molecule has 2 aliphatic heterocycles. The highest BCUT2D eigenvalue weighted by Gasteiger charge is 2.59. The Hall–Kier alpha value is -4.44. The van der Waals surface area contributed by atoms with Crippen LogP contribution in [0.3, 0.4) is 0 Å². The fraction of sp³-hybridized carbons (Fsp3) is 0.270. The van der Waals surface area contributed by atoms with E-state index in [0.717, 1.165) is 40.3 Å². The van der Waals surface area contributed by atoms with Gasteiger partial charge >= 0.3 is 0 Å². The second-order valence-corrected chi connectivity index (χ2v) is 13.1. The number of nitrogens with one attached hydrogen (secondary N) is 1. The highest BCUT2D eigenvalue weighted by atomic mass is 35.5. The molecule has 0 saturated carbocycles. The Morgan fingerprint density at radius 1 is 1.10 bits per heavy atom. The van der Waals surface area contributed by atoms with Crippen molar-refractivity contribution < 1.29 is 18.7 Å². The molecular formula is C37H36Cl2FN5O3. The minimum Gasteiger partial charge on any atom is -0.494 e. The lowest BCUT2D eigenvalue weighted by Crippen LogP contribution is -2.46. The lowest BCUT2D eigenvalue weighted by atomic mass is 9.76. The minimum atomic E-state index is -0.465. The minimum absolute atomic E-state index is 0.115. The Kier molecular flexibility index (Phi) is 9.47. The number of rotatable bonds is 8. The molecule has 2 unspecified atom stereocenters. The molecule has 1 fully saturated rings. The summed E-state index contributed by atoms with van der Waals surface area (Å²) in [7, 11) is 0. The van der Waals surface area contributed by atoms with Crippen LogP contribution in [0.1, 0.15) is 54.0 Å². The van der Waals surface area contributed by atoms with Crippen molar-refractivity contribution in [3.05, 3.63) is 123 Å². The second kappa shape index (κ2) is 13.6. The topological polar surface area (TPSA) is 102 Å². The number of nitrogens with zero attached hydrogens (tertiary/aromatic N) is 3. The Morgan fingerprint density at radius 3 is 2.58 bits per heavy atom. The molecule has 0 spiro atoms. The molecule has 3 heterocycles. The molecule has 7 rings (SSSR count). The molecule has 0 bridgehead atoms. The number of carbonyl (C=O) groups is 2. The number of aromatic nitrogens is 2. The van der Waals surface area contributed by atoms with Crippen LogP contribution >= 0.6 is 23.2 Å². The molecule has 4 aromatic carbocycles. The summed E-state index contributed by atoms with van der Waals surface area (Å²) in [6.07, 6.45) is 0.699. The normalized spacial score (nSPS) is 21.2. The molecule has 4 atom stereocenters. The average molecular weight is 689 g/mol. The number of imidazole rings is 1. The molecule has 2 aliphatic rings. The van der Waals surface area contributed by atoms with Crippen LogP contribution in [0, 0.1) is 11.7 Å². The van der Waals surface area contributed by atoms with Crippen molar-refractivity contribution in [3.8, 4) is 5.75 Å². The molecule has 48 heavy (non-hydrogen) atoms. The third-order valence-electron chi connectivity index (χ3n) is 9.69. The van der Waals surface area contributed by atoms with Gasteiger partial charge in [-0.3, -0.25) is 14.5 Å². The lowest BCUT2D eigenvalue weighted by Gasteiger charge is -2.42. The monoisotopic (exact) mass is 687 g/mol. The van der Waals surface area contributed by atoms with Crippen molar-refractivity contribution >= 4 is 52.2 Å². The van der Waals surface area contributed by atoms with Gasteiger partial charge in [0.2, 0.25) is 12.3 Å². The Labute approximate surface area is 288 Å². The summed E-state index contributed by atoms with van der Waals surface area (Å²) < 4.78 is 20.3. The summed E-state index contributed by atoms with van der Waals surface area (Å²) in [5.74, 6) is 1.25. The van der Waals surface area contributed by atoms with E-state index in [9.17, 15) is 14.0 Å². The van der Waals surface area contributed by atoms with Gasteiger partial charge in [-0.15, -0.1) is 0 Å². The van der Waals surface area contributed by atoms with Crippen LogP contribution in [0.5, 0.6) is 5.75 Å². The molecule has 1 saturated heterocycles. The maximum atomic E-state index is 12.2. The van der Waals surface area contributed by atoms with Crippen molar-refractivity contribution in [3.63, 3.8) is 0 Å². The van der Waals surface area contributed by atoms with Crippen molar-refractivity contribution in [2.75, 3.05) is 11.9 Å². The first-order chi connectivity index (χ1) is 23.1. The molecule has 5 aromatic rings. The van der Waals surface area contributed by atoms with Gasteiger partial charge in [0.25, 0.3) is 0 Å². The largest absolute Gasteiger partial charge is 0.494 e. The first-order valence-corrected chi connectivity index (χ1v) is 16.5. The zero-order chi connectivity index (χ0) is 34.2. The van der Waals surface area contributed by atoms with Gasteiger partial charge in [-0.05, 0) is 85.5 Å². The number of ether oxygens (including phenoxy) is 1. The van der Waals surface area contributed by atoms with E-state index in [1.807, 2.05) is 43.3 Å². The van der Waals surface area contributed by atoms with Crippen LogP contribution in [0.4, 0.5) is 10.1 Å². The highest BCUT2D eigenvalue weighted by molar-refractivity contribution is 6.31. The number of nitrogens with two attached hydrogens (primary N) is 1. The van der Waals surface area contributed by atoms with E-state index in [1.54, 1.807) is 24.3 Å². The third kappa shape index (κ3) is 6.02. The number of halogens is 3. The highest BCUT2D eigenvalue weighted by Crippen LogP contribution is 2.58. The van der Waals surface area contributed by atoms with Gasteiger partial charge in [-0.1, -0.05) is 60.5 Å². The van der Waals surface area contributed by atoms with Gasteiger partial charge in [0.1, 0.15) is 17.4 Å². The van der Waals surface area contributed by atoms with Crippen molar-refractivity contribution in [1.82, 2.24) is 14.5 Å². The molecule has 0 radical (unpaired) electrons. The number of benzene rings is 4. The predicted octanol–water partition coefficient (Wildman–Crippen LogP) is 7.77. The maximum absolute atomic E-state index is 12.2. The molecule has 11 heteroatoms. The molecule has 0 aliphatic carbocycles. The fourth-order valence-corrected chi connectivity index (χ4v) is 7.69. The second-order valence-electron chi connectivity index (χ2n) is 12.3. The van der Waals surface area contributed by atoms with Gasteiger partial charge in [0.15, 0.2) is 0 Å². The molecule has 2 amide bonds. The number of anilines is 1. The van der Waals surface area contributed by atoms with Gasteiger partial charge in [-0.2, -0.15) is 0 Å². The predicted molar refractivity (Wildman–Crippen MR) is 187 cm³/mol. The van der Waals surface area contributed by atoms with E-state index in [1.165, 1.54) is 12.1 Å². The van der Waals surface area contributed by atoms with Crippen LogP contribution in [-0.2, 0) is 23.4 Å². The summed E-state index contributed by atoms with van der Waals surface area (Å²) in [5, 5.41) is 3.63. The summed E-state index contributed by atoms with van der Waals surface area (Å²) in [5.41, 5.74) is 10.1. The van der Waals surface area contributed by atoms with Crippen molar-refractivity contribution in [2.24, 2.45) is 11.7 Å². The van der Waals surface area contributed by atoms with Crippen LogP contribution < -0.4 is 15.8 Å². The zero-order valence-electron chi connectivity index (χ0n) is 26.8. The number of primary amides is 1. The van der Waals surface area contributed by atoms with E-state index >= 15 is 0 Å². The summed E-state index contributed by atoms with van der Waals surface area (Å²) in [4.78, 5) is 31.0. The standard InChI is InChI=1S/C31H32ClN5O3.C6H4ClF/c1-4-40-22-7-5-6-19(12-22)15-37-27-16-36-26-11-8-20(29(33)39)13-25(26)35-30(36)28(27)18(2)31(37,3)23-10-9-21(32)14-24(23)34-17-38;7-5-3-1-2-4-6(5)8/h5-14,17-18,27-28H,4,15-16H2,1-3H3,(H2,33,39)(H,34,38);1-4H/t18-,27?,28?,31-;/m1./s1. The van der Waals surface area contributed by atoms with E-state index in [2.05, 4.69) is 40.8 Å². The first-order valence-electron chi connectivity index (χ1n) is 15.8. The molecule has 1 aromatic heterocycles. The van der Waals surface area contributed by atoms with Crippen LogP contribution in [-0.4, -0.2) is 39.4 Å². The van der Waals surface area contributed by atoms with Gasteiger partial charge < -0.3 is 20.4 Å². The number of hydrogen-bond donors (Lipinski definition) is 2. The molecular weight excluding hydrogens is 652 g/mol. The van der Waals surface area contributed by atoms with Gasteiger partial charge in [-0.25, -0.2) is 9.37 Å². The smallest absolute Gasteiger partial charge is 0.248 e. The van der Waals surface area contributed by atoms with E-state index < -0.39 is 11.4 Å². The molecule has 248 valence electrons.